The molecule has 0 saturated carbocycles. The second-order valence-corrected chi connectivity index (χ2v) is 24.9. The number of hydrogen-bond donors (Lipinski definition) is 0. The van der Waals surface area contributed by atoms with Crippen molar-refractivity contribution in [2.24, 2.45) is 10.8 Å². The first-order valence-corrected chi connectivity index (χ1v) is 30.9. The van der Waals surface area contributed by atoms with Gasteiger partial charge < -0.3 is 0 Å². The highest BCUT2D eigenvalue weighted by molar-refractivity contribution is 5.87. The molecule has 0 bridgehead atoms. The van der Waals surface area contributed by atoms with Gasteiger partial charge in [0.15, 0.2) is 0 Å². The van der Waals surface area contributed by atoms with Crippen LogP contribution in [0.25, 0.3) is 88.6 Å². The van der Waals surface area contributed by atoms with E-state index in [0.29, 0.717) is 11.1 Å². The molecular formula is C80H78F6N4. The van der Waals surface area contributed by atoms with Gasteiger partial charge in [-0.1, -0.05) is 222 Å². The molecule has 0 spiro atoms. The fraction of sp³-hybridized carbons (Fsp3) is 0.250. The van der Waals surface area contributed by atoms with Gasteiger partial charge in [0.1, 0.15) is 0 Å². The number of para-hydroxylation sites is 2. The first-order chi connectivity index (χ1) is 42.9. The first-order valence-electron chi connectivity index (χ1n) is 30.9. The van der Waals surface area contributed by atoms with Crippen LogP contribution in [0.1, 0.15) is 98.9 Å². The summed E-state index contributed by atoms with van der Waals surface area (Å²) in [5.74, 6) is 0. The number of alkyl halides is 6. The Labute approximate surface area is 526 Å². The molecule has 0 amide bonds. The smallest absolute Gasteiger partial charge is 0.248 e. The van der Waals surface area contributed by atoms with Crippen molar-refractivity contribution in [1.29, 1.82) is 0 Å². The molecule has 8 aromatic carbocycles. The van der Waals surface area contributed by atoms with Gasteiger partial charge in [0.05, 0.1) is 55.7 Å². The van der Waals surface area contributed by atoms with Crippen LogP contribution < -0.4 is 0 Å². The maximum Gasteiger partial charge on any atom is 0.394 e. The van der Waals surface area contributed by atoms with E-state index in [-0.39, 0.29) is 12.8 Å². The van der Waals surface area contributed by atoms with E-state index in [1.54, 1.807) is 24.3 Å². The molecule has 0 unspecified atom stereocenters. The zero-order valence-corrected chi connectivity index (χ0v) is 53.1. The molecule has 0 aliphatic carbocycles. The molecule has 0 atom stereocenters. The molecule has 10 heteroatoms. The maximum atomic E-state index is 13.2. The highest BCUT2D eigenvalue weighted by Gasteiger charge is 2.48. The van der Waals surface area contributed by atoms with E-state index in [1.165, 1.54) is 66.3 Å². The van der Waals surface area contributed by atoms with E-state index in [4.69, 9.17) is 15.0 Å². The first kappa shape index (κ1) is 65.4. The summed E-state index contributed by atoms with van der Waals surface area (Å²) in [6.07, 6.45) is -4.10. The number of halogens is 6. The van der Waals surface area contributed by atoms with Gasteiger partial charge >= 0.3 is 12.4 Å². The SMILES string of the molecule is CCCc1cc(-c2cccc(C)c2)nc2ccccc12.CCCc1cc(-c2ccccc2)nc2ccccc12.Cc1cc(C)cc(-c2ccc3ccc(CC(C)(C)C(F)(F)F)cc3n2)c1.Cc1cccc(-c2ccc3ccc(CC(C)(C)C(F)(F)F)cc3n2)c1. The van der Waals surface area contributed by atoms with E-state index < -0.39 is 23.2 Å². The molecule has 0 N–H and O–H groups in total. The second-order valence-electron chi connectivity index (χ2n) is 24.9. The van der Waals surface area contributed by atoms with E-state index in [1.807, 2.05) is 87.5 Å². The summed E-state index contributed by atoms with van der Waals surface area (Å²) < 4.78 is 79.0. The standard InChI is InChI=1S/C22H22F3N.C21H20F3N.C19H19N.C18H17N/c1-14-9-15(2)11-18(10-14)19-8-7-17-6-5-16(12-20(17)26-19)13-21(3,4)22(23,24)25;1-14-5-4-6-17(11-14)18-10-9-16-8-7-15(12-19(16)25-18)13-20(2,3)21(22,23)24;1-3-7-15-13-19(16-9-6-8-14(2)12-16)20-18-11-5-4-10-17(15)18;1-2-8-15-13-18(14-9-4-3-5-10-14)19-17-12-7-6-11-16(15)17/h5-12H,13H2,1-4H3;4-12H,13H2,1-3H3;4-6,8-13H,3,7H2,1-2H3;3-7,9-13H,2,8H2,1H3. The van der Waals surface area contributed by atoms with Gasteiger partial charge in [-0.3, -0.25) is 0 Å². The topological polar surface area (TPSA) is 51.6 Å². The van der Waals surface area contributed by atoms with E-state index in [9.17, 15) is 26.3 Å². The Bertz CT molecular complexity index is 4410. The Hall–Kier alpha value is -9.02. The molecule has 0 aliphatic heterocycles. The van der Waals surface area contributed by atoms with Crippen molar-refractivity contribution in [1.82, 2.24) is 19.9 Å². The number of pyridine rings is 4. The van der Waals surface area contributed by atoms with Crippen molar-refractivity contribution in [3.05, 3.63) is 263 Å². The fourth-order valence-corrected chi connectivity index (χ4v) is 11.2. The zero-order valence-electron chi connectivity index (χ0n) is 53.1. The number of rotatable bonds is 12. The third-order valence-corrected chi connectivity index (χ3v) is 16.2. The molecule has 460 valence electrons. The zero-order chi connectivity index (χ0) is 64.4. The minimum absolute atomic E-state index is 0.0667. The highest BCUT2D eigenvalue weighted by atomic mass is 19.4. The normalized spacial score (nSPS) is 11.8. The summed E-state index contributed by atoms with van der Waals surface area (Å²) in [6.45, 7) is 17.6. The van der Waals surface area contributed by atoms with Crippen LogP contribution in [0.4, 0.5) is 26.3 Å². The molecule has 12 aromatic rings. The van der Waals surface area contributed by atoms with Gasteiger partial charge in [-0.25, -0.2) is 19.9 Å². The fourth-order valence-electron chi connectivity index (χ4n) is 11.2. The Morgan fingerprint density at radius 2 is 0.678 bits per heavy atom. The van der Waals surface area contributed by atoms with E-state index in [0.717, 1.165) is 109 Å². The minimum atomic E-state index is -4.24. The van der Waals surface area contributed by atoms with Crippen LogP contribution in [0, 0.1) is 38.5 Å². The summed E-state index contributed by atoms with van der Waals surface area (Å²) in [6, 6.07) is 73.1. The van der Waals surface area contributed by atoms with E-state index >= 15 is 0 Å². The molecule has 4 aromatic heterocycles. The molecule has 0 fully saturated rings. The Morgan fingerprint density at radius 3 is 1.11 bits per heavy atom. The van der Waals surface area contributed by atoms with Crippen LogP contribution in [0.15, 0.2) is 218 Å². The van der Waals surface area contributed by atoms with Crippen molar-refractivity contribution in [2.45, 2.75) is 120 Å². The largest absolute Gasteiger partial charge is 0.394 e. The van der Waals surface area contributed by atoms with Gasteiger partial charge in [0, 0.05) is 43.8 Å². The van der Waals surface area contributed by atoms with Gasteiger partial charge in [-0.2, -0.15) is 26.3 Å². The Morgan fingerprint density at radius 1 is 0.311 bits per heavy atom. The number of benzene rings is 8. The number of aryl methyl sites for hydroxylation is 6. The Balaban J connectivity index is 0.000000143. The summed E-state index contributed by atoms with van der Waals surface area (Å²) in [5, 5.41) is 4.41. The molecule has 0 radical (unpaired) electrons. The van der Waals surface area contributed by atoms with Crippen LogP contribution in [0.5, 0.6) is 0 Å². The number of fused-ring (bicyclic) bond motifs is 4. The molecule has 4 nitrogen and oxygen atoms in total. The molecule has 0 saturated heterocycles. The van der Waals surface area contributed by atoms with Crippen molar-refractivity contribution in [3.8, 4) is 45.0 Å². The van der Waals surface area contributed by atoms with Crippen LogP contribution in [-0.4, -0.2) is 32.3 Å². The van der Waals surface area contributed by atoms with Crippen LogP contribution >= 0.6 is 0 Å². The number of nitrogens with zero attached hydrogens (tertiary/aromatic N) is 4. The lowest BCUT2D eigenvalue weighted by molar-refractivity contribution is -0.211. The quantitative estimate of drug-likeness (QED) is 0.114. The van der Waals surface area contributed by atoms with Crippen molar-refractivity contribution >= 4 is 43.6 Å². The van der Waals surface area contributed by atoms with Gasteiger partial charge in [0.25, 0.3) is 0 Å². The van der Waals surface area contributed by atoms with E-state index in [2.05, 4.69) is 153 Å². The third-order valence-electron chi connectivity index (χ3n) is 16.2. The van der Waals surface area contributed by atoms with Crippen molar-refractivity contribution in [3.63, 3.8) is 0 Å². The molecular weight excluding hydrogens is 1130 g/mol. The lowest BCUT2D eigenvalue weighted by Crippen LogP contribution is -2.34. The van der Waals surface area contributed by atoms with Crippen molar-refractivity contribution in [2.75, 3.05) is 0 Å². The highest BCUT2D eigenvalue weighted by Crippen LogP contribution is 2.42. The predicted octanol–water partition coefficient (Wildman–Crippen LogP) is 23.0. The summed E-state index contributed by atoms with van der Waals surface area (Å²) in [5.41, 5.74) is 17.1. The summed E-state index contributed by atoms with van der Waals surface area (Å²) in [4.78, 5) is 19.0. The molecule has 4 heterocycles. The molecule has 12 rings (SSSR count). The number of hydrogen-bond acceptors (Lipinski definition) is 4. The average molecular weight is 1210 g/mol. The predicted molar refractivity (Wildman–Crippen MR) is 363 cm³/mol. The van der Waals surface area contributed by atoms with Gasteiger partial charge in [0.2, 0.25) is 0 Å². The lowest BCUT2D eigenvalue weighted by Gasteiger charge is -2.27. The van der Waals surface area contributed by atoms with Crippen LogP contribution in [0.2, 0.25) is 0 Å². The summed E-state index contributed by atoms with van der Waals surface area (Å²) >= 11 is 0. The number of aromatic nitrogens is 4. The van der Waals surface area contributed by atoms with Gasteiger partial charge in [-0.15, -0.1) is 0 Å². The minimum Gasteiger partial charge on any atom is -0.248 e. The monoisotopic (exact) mass is 1210 g/mol. The molecule has 90 heavy (non-hydrogen) atoms. The average Bonchev–Trinajstić information content (AvgIpc) is 1.93. The third kappa shape index (κ3) is 16.4. The van der Waals surface area contributed by atoms with Crippen molar-refractivity contribution < 1.29 is 26.3 Å². The maximum absolute atomic E-state index is 13.2. The van der Waals surface area contributed by atoms with Gasteiger partial charge in [-0.05, 0) is 148 Å². The Kier molecular flexibility index (Phi) is 20.5. The van der Waals surface area contributed by atoms with Crippen LogP contribution in [0.3, 0.4) is 0 Å². The lowest BCUT2D eigenvalue weighted by atomic mass is 9.85. The van der Waals surface area contributed by atoms with Crippen LogP contribution in [-0.2, 0) is 25.7 Å². The summed E-state index contributed by atoms with van der Waals surface area (Å²) in [7, 11) is 0. The molecule has 0 aliphatic rings. The second kappa shape index (κ2) is 28.2.